The molecule has 0 fully saturated rings. The fourth-order valence-corrected chi connectivity index (χ4v) is 0.752. The Morgan fingerprint density at radius 3 is 2.11 bits per heavy atom. The first-order valence-corrected chi connectivity index (χ1v) is 3.77. The van der Waals surface area contributed by atoms with Gasteiger partial charge in [-0.25, -0.2) is 8.78 Å². The maximum atomic E-state index is 11.6. The molecule has 0 aromatic carbocycles. The van der Waals surface area contributed by atoms with Gasteiger partial charge in [0, 0.05) is 7.11 Å². The summed E-state index contributed by atoms with van der Waals surface area (Å²) in [5.41, 5.74) is 0. The summed E-state index contributed by atoms with van der Waals surface area (Å²) in [7, 11) is 1.34. The van der Waals surface area contributed by atoms with Crippen molar-refractivity contribution in [3.8, 4) is 0 Å². The minimum atomic E-state index is -2.37. The van der Waals surface area contributed by atoms with E-state index in [0.717, 1.165) is 0 Å². The van der Waals surface area contributed by atoms with Crippen LogP contribution in [0.15, 0.2) is 0 Å². The number of hydrogen-bond donors (Lipinski definition) is 0. The molecular weight excluding hydrogens is 262 g/mol. The number of methoxy groups -OCH3 is 1. The SMILES string of the molecule is COC(Br)(Br)CC(F)F. The molecule has 0 aliphatic heterocycles. The van der Waals surface area contributed by atoms with Crippen molar-refractivity contribution in [3.05, 3.63) is 0 Å². The Morgan fingerprint density at radius 1 is 1.56 bits per heavy atom. The Hall–Kier alpha value is 0.780. The van der Waals surface area contributed by atoms with Gasteiger partial charge in [-0.05, 0) is 31.9 Å². The highest BCUT2D eigenvalue weighted by Crippen LogP contribution is 2.32. The second kappa shape index (κ2) is 3.83. The van der Waals surface area contributed by atoms with Crippen molar-refractivity contribution in [2.24, 2.45) is 0 Å². The molecule has 1 nitrogen and oxygen atoms in total. The zero-order valence-electron chi connectivity index (χ0n) is 4.70. The third-order valence-electron chi connectivity index (χ3n) is 0.691. The van der Waals surface area contributed by atoms with Crippen LogP contribution in [0.1, 0.15) is 6.42 Å². The van der Waals surface area contributed by atoms with Crippen molar-refractivity contribution in [3.63, 3.8) is 0 Å². The second-order valence-electron chi connectivity index (χ2n) is 1.44. The van der Waals surface area contributed by atoms with Gasteiger partial charge >= 0.3 is 0 Å². The molecular formula is C4H6Br2F2O. The standard InChI is InChI=1S/C4H6Br2F2O/c1-9-4(5,6)2-3(7)8/h3H,2H2,1H3. The van der Waals surface area contributed by atoms with Gasteiger partial charge in [0.2, 0.25) is 6.43 Å². The number of alkyl halides is 4. The van der Waals surface area contributed by atoms with Gasteiger partial charge in [-0.1, -0.05) is 0 Å². The zero-order valence-corrected chi connectivity index (χ0v) is 7.88. The highest BCUT2D eigenvalue weighted by atomic mass is 79.9. The Bertz CT molecular complexity index is 86.6. The topological polar surface area (TPSA) is 9.23 Å². The molecule has 56 valence electrons. The van der Waals surface area contributed by atoms with Crippen LogP contribution in [0, 0.1) is 0 Å². The fourth-order valence-electron chi connectivity index (χ4n) is 0.263. The summed E-state index contributed by atoms with van der Waals surface area (Å²) in [5, 5.41) is 0. The summed E-state index contributed by atoms with van der Waals surface area (Å²) in [6.45, 7) is 0. The van der Waals surface area contributed by atoms with Crippen LogP contribution < -0.4 is 0 Å². The molecule has 0 rings (SSSR count). The lowest BCUT2D eigenvalue weighted by Crippen LogP contribution is -2.17. The Morgan fingerprint density at radius 2 is 2.00 bits per heavy atom. The van der Waals surface area contributed by atoms with E-state index in [-0.39, 0.29) is 6.42 Å². The molecule has 0 saturated carbocycles. The maximum absolute atomic E-state index is 11.6. The molecule has 0 spiro atoms. The van der Waals surface area contributed by atoms with Crippen LogP contribution in [-0.4, -0.2) is 17.0 Å². The van der Waals surface area contributed by atoms with E-state index in [9.17, 15) is 8.78 Å². The Balaban J connectivity index is 3.58. The predicted molar refractivity (Wildman–Crippen MR) is 38.2 cm³/mol. The first-order valence-electron chi connectivity index (χ1n) is 2.19. The minimum Gasteiger partial charge on any atom is -0.357 e. The number of halogens is 4. The maximum Gasteiger partial charge on any atom is 0.243 e. The Kier molecular flexibility index (Phi) is 4.16. The van der Waals surface area contributed by atoms with Gasteiger partial charge in [0.1, 0.15) is 0 Å². The van der Waals surface area contributed by atoms with Crippen LogP contribution in [-0.2, 0) is 4.74 Å². The van der Waals surface area contributed by atoms with Crippen molar-refractivity contribution in [2.75, 3.05) is 7.11 Å². The van der Waals surface area contributed by atoms with E-state index in [1.165, 1.54) is 7.11 Å². The highest BCUT2D eigenvalue weighted by Gasteiger charge is 2.26. The average Bonchev–Trinajstić information content (AvgIpc) is 1.63. The van der Waals surface area contributed by atoms with Crippen molar-refractivity contribution < 1.29 is 13.5 Å². The summed E-state index contributed by atoms with van der Waals surface area (Å²) in [6, 6.07) is 0. The van der Waals surface area contributed by atoms with Crippen molar-refractivity contribution in [1.82, 2.24) is 0 Å². The number of ether oxygens (including phenoxy) is 1. The third kappa shape index (κ3) is 5.24. The molecule has 0 amide bonds. The number of rotatable bonds is 3. The first kappa shape index (κ1) is 9.78. The van der Waals surface area contributed by atoms with Crippen LogP contribution in [0.25, 0.3) is 0 Å². The van der Waals surface area contributed by atoms with Crippen LogP contribution in [0.5, 0.6) is 0 Å². The molecule has 5 heteroatoms. The monoisotopic (exact) mass is 266 g/mol. The van der Waals surface area contributed by atoms with E-state index >= 15 is 0 Å². The summed E-state index contributed by atoms with van der Waals surface area (Å²) < 4.78 is 26.7. The highest BCUT2D eigenvalue weighted by molar-refractivity contribution is 9.25. The third-order valence-corrected chi connectivity index (χ3v) is 1.99. The lowest BCUT2D eigenvalue weighted by molar-refractivity contribution is 0.0651. The molecule has 0 aliphatic carbocycles. The van der Waals surface area contributed by atoms with Gasteiger partial charge in [-0.3, -0.25) is 0 Å². The molecule has 0 aromatic heterocycles. The van der Waals surface area contributed by atoms with E-state index in [4.69, 9.17) is 0 Å². The summed E-state index contributed by atoms with van der Waals surface area (Å²) >= 11 is 5.79. The van der Waals surface area contributed by atoms with Gasteiger partial charge in [0.15, 0.2) is 3.42 Å². The van der Waals surface area contributed by atoms with Gasteiger partial charge in [-0.2, -0.15) is 0 Å². The first-order chi connectivity index (χ1) is 3.98. The summed E-state index contributed by atoms with van der Waals surface area (Å²) in [4.78, 5) is 0. The molecule has 0 atom stereocenters. The van der Waals surface area contributed by atoms with Gasteiger partial charge < -0.3 is 4.74 Å². The lowest BCUT2D eigenvalue weighted by atomic mass is 10.5. The lowest BCUT2D eigenvalue weighted by Gasteiger charge is -2.16. The molecule has 0 radical (unpaired) electrons. The normalized spacial score (nSPS) is 12.7. The van der Waals surface area contributed by atoms with Crippen molar-refractivity contribution >= 4 is 31.9 Å². The van der Waals surface area contributed by atoms with Gasteiger partial charge in [0.05, 0.1) is 6.42 Å². The van der Waals surface area contributed by atoms with E-state index in [1.807, 2.05) is 0 Å². The largest absolute Gasteiger partial charge is 0.357 e. The molecule has 0 bridgehead atoms. The Labute approximate surface area is 69.0 Å². The van der Waals surface area contributed by atoms with E-state index in [0.29, 0.717) is 0 Å². The summed E-state index contributed by atoms with van der Waals surface area (Å²) in [6.07, 6.45) is -2.74. The second-order valence-corrected chi connectivity index (χ2v) is 5.06. The molecule has 0 heterocycles. The van der Waals surface area contributed by atoms with Crippen molar-refractivity contribution in [1.29, 1.82) is 0 Å². The minimum absolute atomic E-state index is 0.372. The van der Waals surface area contributed by atoms with Crippen LogP contribution in [0.2, 0.25) is 0 Å². The fraction of sp³-hybridized carbons (Fsp3) is 1.00. The molecule has 9 heavy (non-hydrogen) atoms. The molecule has 0 unspecified atom stereocenters. The molecule has 0 aromatic rings. The average molecular weight is 268 g/mol. The van der Waals surface area contributed by atoms with E-state index < -0.39 is 9.85 Å². The van der Waals surface area contributed by atoms with E-state index in [2.05, 4.69) is 36.6 Å². The van der Waals surface area contributed by atoms with Crippen molar-refractivity contribution in [2.45, 2.75) is 16.3 Å². The molecule has 0 aliphatic rings. The summed E-state index contributed by atoms with van der Waals surface area (Å²) in [5.74, 6) is 0. The van der Waals surface area contributed by atoms with Crippen LogP contribution in [0.4, 0.5) is 8.78 Å². The predicted octanol–water partition coefficient (Wildman–Crippen LogP) is 2.73. The quantitative estimate of drug-likeness (QED) is 0.715. The van der Waals surface area contributed by atoms with Crippen LogP contribution in [0.3, 0.4) is 0 Å². The number of hydrogen-bond acceptors (Lipinski definition) is 1. The molecule has 0 saturated heterocycles. The molecule has 0 N–H and O–H groups in total. The van der Waals surface area contributed by atoms with Gasteiger partial charge in [-0.15, -0.1) is 0 Å². The van der Waals surface area contributed by atoms with Gasteiger partial charge in [0.25, 0.3) is 0 Å². The van der Waals surface area contributed by atoms with E-state index in [1.54, 1.807) is 0 Å². The smallest absolute Gasteiger partial charge is 0.243 e. The van der Waals surface area contributed by atoms with Crippen LogP contribution >= 0.6 is 31.9 Å². The zero-order chi connectivity index (χ0) is 7.49.